The molecule has 168 valence electrons. The van der Waals surface area contributed by atoms with Crippen molar-refractivity contribution < 1.29 is 18.7 Å². The van der Waals surface area contributed by atoms with Crippen LogP contribution in [0.1, 0.15) is 22.8 Å². The molecule has 3 heterocycles. The van der Waals surface area contributed by atoms with Crippen LogP contribution in [0.4, 0.5) is 5.69 Å². The number of nitrogens with zero attached hydrogens (tertiary/aromatic N) is 2. The van der Waals surface area contributed by atoms with E-state index < -0.39 is 0 Å². The standard InChI is InChI=1S/C26H24N2O4S/c1-18-4-6-19(7-5-18)24-16-27-25(32-24)10-11-26(29)28(17-21-3-2-14-33-21)20-8-9-22-23(15-20)31-13-12-30-22/h2-9,14-16H,10-13,17H2,1H3. The summed E-state index contributed by atoms with van der Waals surface area (Å²) in [5.41, 5.74) is 2.95. The van der Waals surface area contributed by atoms with Gasteiger partial charge in [0.25, 0.3) is 0 Å². The Morgan fingerprint density at radius 2 is 1.88 bits per heavy atom. The molecule has 0 aliphatic carbocycles. The van der Waals surface area contributed by atoms with Gasteiger partial charge in [0.15, 0.2) is 23.1 Å². The molecular formula is C26H24N2O4S. The predicted octanol–water partition coefficient (Wildman–Crippen LogP) is 5.65. The number of rotatable bonds is 7. The fourth-order valence-electron chi connectivity index (χ4n) is 3.71. The molecule has 0 bridgehead atoms. The first-order chi connectivity index (χ1) is 16.2. The predicted molar refractivity (Wildman–Crippen MR) is 128 cm³/mol. The van der Waals surface area contributed by atoms with Crippen LogP contribution < -0.4 is 14.4 Å². The molecule has 0 radical (unpaired) electrons. The van der Waals surface area contributed by atoms with Gasteiger partial charge in [-0.1, -0.05) is 35.9 Å². The van der Waals surface area contributed by atoms with Crippen molar-refractivity contribution in [1.82, 2.24) is 4.98 Å². The van der Waals surface area contributed by atoms with E-state index in [1.165, 1.54) is 5.56 Å². The SMILES string of the molecule is Cc1ccc(-c2cnc(CCC(=O)N(Cc3cccs3)c3ccc4c(c3)OCCO4)o2)cc1. The van der Waals surface area contributed by atoms with E-state index in [2.05, 4.69) is 4.98 Å². The van der Waals surface area contributed by atoms with Crippen LogP contribution >= 0.6 is 11.3 Å². The summed E-state index contributed by atoms with van der Waals surface area (Å²) in [4.78, 5) is 20.6. The fraction of sp³-hybridized carbons (Fsp3) is 0.231. The third-order valence-corrected chi connectivity index (χ3v) is 6.34. The number of thiophene rings is 1. The number of fused-ring (bicyclic) bond motifs is 1. The molecule has 33 heavy (non-hydrogen) atoms. The van der Waals surface area contributed by atoms with E-state index in [1.807, 2.05) is 66.9 Å². The minimum absolute atomic E-state index is 0.00448. The molecule has 0 spiro atoms. The van der Waals surface area contributed by atoms with E-state index in [9.17, 15) is 4.79 Å². The first-order valence-corrected chi connectivity index (χ1v) is 11.8. The molecule has 4 aromatic rings. The van der Waals surface area contributed by atoms with Crippen molar-refractivity contribution in [2.75, 3.05) is 18.1 Å². The molecular weight excluding hydrogens is 436 g/mol. The van der Waals surface area contributed by atoms with Gasteiger partial charge < -0.3 is 18.8 Å². The van der Waals surface area contributed by atoms with E-state index in [0.717, 1.165) is 16.1 Å². The molecule has 0 saturated carbocycles. The van der Waals surface area contributed by atoms with Gasteiger partial charge in [-0.3, -0.25) is 4.79 Å². The summed E-state index contributed by atoms with van der Waals surface area (Å²) >= 11 is 1.63. The monoisotopic (exact) mass is 460 g/mol. The van der Waals surface area contributed by atoms with Crippen molar-refractivity contribution in [2.45, 2.75) is 26.3 Å². The molecule has 0 fully saturated rings. The lowest BCUT2D eigenvalue weighted by molar-refractivity contribution is -0.118. The zero-order chi connectivity index (χ0) is 22.6. The molecule has 5 rings (SSSR count). The summed E-state index contributed by atoms with van der Waals surface area (Å²) in [6.07, 6.45) is 2.43. The third-order valence-electron chi connectivity index (χ3n) is 5.47. The highest BCUT2D eigenvalue weighted by molar-refractivity contribution is 7.09. The molecule has 0 atom stereocenters. The summed E-state index contributed by atoms with van der Waals surface area (Å²) < 4.78 is 17.3. The minimum Gasteiger partial charge on any atom is -0.486 e. The fourth-order valence-corrected chi connectivity index (χ4v) is 4.40. The Labute approximate surface area is 196 Å². The number of amides is 1. The second-order valence-corrected chi connectivity index (χ2v) is 8.90. The molecule has 2 aromatic carbocycles. The van der Waals surface area contributed by atoms with Crippen LogP contribution in [0.5, 0.6) is 11.5 Å². The van der Waals surface area contributed by atoms with Gasteiger partial charge in [0.05, 0.1) is 12.7 Å². The number of benzene rings is 2. The summed E-state index contributed by atoms with van der Waals surface area (Å²) in [6.45, 7) is 3.58. The molecule has 0 saturated heterocycles. The Morgan fingerprint density at radius 1 is 1.06 bits per heavy atom. The number of aryl methyl sites for hydroxylation is 2. The third kappa shape index (κ3) is 4.93. The van der Waals surface area contributed by atoms with Gasteiger partial charge in [0, 0.05) is 35.0 Å². The smallest absolute Gasteiger partial charge is 0.227 e. The van der Waals surface area contributed by atoms with Gasteiger partial charge in [-0.15, -0.1) is 11.3 Å². The quantitative estimate of drug-likeness (QED) is 0.357. The Kier molecular flexibility index (Phi) is 6.13. The van der Waals surface area contributed by atoms with Crippen LogP contribution in [0.25, 0.3) is 11.3 Å². The molecule has 1 aliphatic heterocycles. The van der Waals surface area contributed by atoms with Gasteiger partial charge in [0.2, 0.25) is 5.91 Å². The summed E-state index contributed by atoms with van der Waals surface area (Å²) in [7, 11) is 0. The number of carbonyl (C=O) groups excluding carboxylic acids is 1. The number of hydrogen-bond donors (Lipinski definition) is 0. The van der Waals surface area contributed by atoms with Crippen molar-refractivity contribution in [2.24, 2.45) is 0 Å². The van der Waals surface area contributed by atoms with Gasteiger partial charge in [-0.05, 0) is 30.5 Å². The lowest BCUT2D eigenvalue weighted by atomic mass is 10.1. The Bertz CT molecular complexity index is 1230. The van der Waals surface area contributed by atoms with Crippen LogP contribution in [0.15, 0.2) is 70.6 Å². The number of hydrogen-bond acceptors (Lipinski definition) is 6. The first-order valence-electron chi connectivity index (χ1n) is 10.9. The van der Waals surface area contributed by atoms with E-state index in [4.69, 9.17) is 13.9 Å². The van der Waals surface area contributed by atoms with Crippen LogP contribution in [-0.4, -0.2) is 24.1 Å². The maximum Gasteiger partial charge on any atom is 0.227 e. The molecule has 1 aliphatic rings. The Balaban J connectivity index is 1.32. The van der Waals surface area contributed by atoms with Crippen LogP contribution in [0.3, 0.4) is 0 Å². The number of aromatic nitrogens is 1. The van der Waals surface area contributed by atoms with E-state index >= 15 is 0 Å². The largest absolute Gasteiger partial charge is 0.486 e. The van der Waals surface area contributed by atoms with Gasteiger partial charge in [-0.2, -0.15) is 0 Å². The van der Waals surface area contributed by atoms with Gasteiger partial charge in [-0.25, -0.2) is 4.98 Å². The second kappa shape index (κ2) is 9.50. The average molecular weight is 461 g/mol. The zero-order valence-electron chi connectivity index (χ0n) is 18.3. The van der Waals surface area contributed by atoms with Crippen molar-refractivity contribution in [3.05, 3.63) is 82.5 Å². The van der Waals surface area contributed by atoms with Gasteiger partial charge >= 0.3 is 0 Å². The normalized spacial score (nSPS) is 12.5. The summed E-state index contributed by atoms with van der Waals surface area (Å²) in [5.74, 6) is 2.63. The number of anilines is 1. The maximum absolute atomic E-state index is 13.3. The van der Waals surface area contributed by atoms with Crippen LogP contribution in [-0.2, 0) is 17.8 Å². The Hall–Kier alpha value is -3.58. The molecule has 0 unspecified atom stereocenters. The second-order valence-electron chi connectivity index (χ2n) is 7.87. The van der Waals surface area contributed by atoms with E-state index in [1.54, 1.807) is 22.4 Å². The van der Waals surface area contributed by atoms with Crippen molar-refractivity contribution in [3.63, 3.8) is 0 Å². The lowest BCUT2D eigenvalue weighted by Crippen LogP contribution is -2.30. The van der Waals surface area contributed by atoms with E-state index in [0.29, 0.717) is 49.3 Å². The highest BCUT2D eigenvalue weighted by atomic mass is 32.1. The molecule has 7 heteroatoms. The lowest BCUT2D eigenvalue weighted by Gasteiger charge is -2.25. The minimum atomic E-state index is -0.00448. The number of ether oxygens (including phenoxy) is 2. The topological polar surface area (TPSA) is 64.8 Å². The van der Waals surface area contributed by atoms with Crippen molar-refractivity contribution in [1.29, 1.82) is 0 Å². The molecule has 2 aromatic heterocycles. The molecule has 6 nitrogen and oxygen atoms in total. The summed E-state index contributed by atoms with van der Waals surface area (Å²) in [6, 6.07) is 17.8. The summed E-state index contributed by atoms with van der Waals surface area (Å²) in [5, 5.41) is 2.02. The highest BCUT2D eigenvalue weighted by Crippen LogP contribution is 2.35. The zero-order valence-corrected chi connectivity index (χ0v) is 19.1. The number of oxazole rings is 1. The van der Waals surface area contributed by atoms with Crippen LogP contribution in [0, 0.1) is 6.92 Å². The van der Waals surface area contributed by atoms with Crippen molar-refractivity contribution >= 4 is 22.9 Å². The Morgan fingerprint density at radius 3 is 2.67 bits per heavy atom. The average Bonchev–Trinajstić information content (AvgIpc) is 3.53. The van der Waals surface area contributed by atoms with Gasteiger partial charge in [0.1, 0.15) is 13.2 Å². The highest BCUT2D eigenvalue weighted by Gasteiger charge is 2.21. The van der Waals surface area contributed by atoms with E-state index in [-0.39, 0.29) is 12.3 Å². The van der Waals surface area contributed by atoms with Crippen LogP contribution in [0.2, 0.25) is 0 Å². The number of carbonyl (C=O) groups is 1. The molecule has 1 amide bonds. The molecule has 0 N–H and O–H groups in total. The maximum atomic E-state index is 13.3. The van der Waals surface area contributed by atoms with Crippen molar-refractivity contribution in [3.8, 4) is 22.8 Å². The first kappa shape index (κ1) is 21.3.